The van der Waals surface area contributed by atoms with Crippen LogP contribution in [0, 0.1) is 5.92 Å². The molecule has 1 saturated carbocycles. The van der Waals surface area contributed by atoms with E-state index in [0.717, 1.165) is 70.9 Å². The predicted molar refractivity (Wildman–Crippen MR) is 117 cm³/mol. The van der Waals surface area contributed by atoms with Crippen LogP contribution in [-0.4, -0.2) is 61.6 Å². The van der Waals surface area contributed by atoms with Gasteiger partial charge >= 0.3 is 6.18 Å². The molecule has 8 heteroatoms. The van der Waals surface area contributed by atoms with Crippen molar-refractivity contribution in [2.24, 2.45) is 5.92 Å². The number of nitrogens with one attached hydrogen (secondary N) is 1. The first-order chi connectivity index (χ1) is 14.3. The smallest absolute Gasteiger partial charge is 0.369 e. The predicted octanol–water partition coefficient (Wildman–Crippen LogP) is 4.26. The maximum Gasteiger partial charge on any atom is 0.416 e. The fourth-order valence-electron chi connectivity index (χ4n) is 4.47. The summed E-state index contributed by atoms with van der Waals surface area (Å²) in [6, 6.07) is 5.97. The van der Waals surface area contributed by atoms with Crippen molar-refractivity contribution in [3.8, 4) is 0 Å². The average molecular weight is 444 g/mol. The lowest BCUT2D eigenvalue weighted by Crippen LogP contribution is -2.47. The monoisotopic (exact) mass is 443 g/mol. The molecule has 3 rings (SSSR count). The SMILES string of the molecule is CSCC(=O)N[C@H]1CC[C@H](CCN2CCN(c3cccc(C(F)(F)F)c3)CC2)CC1. The van der Waals surface area contributed by atoms with Crippen molar-refractivity contribution in [1.29, 1.82) is 0 Å². The van der Waals surface area contributed by atoms with Crippen molar-refractivity contribution in [2.75, 3.05) is 49.6 Å². The van der Waals surface area contributed by atoms with E-state index in [1.807, 2.05) is 11.2 Å². The molecule has 168 valence electrons. The quantitative estimate of drug-likeness (QED) is 0.683. The number of anilines is 1. The second kappa shape index (κ2) is 10.8. The summed E-state index contributed by atoms with van der Waals surface area (Å²) in [6.45, 7) is 4.34. The van der Waals surface area contributed by atoms with Crippen LogP contribution in [0.25, 0.3) is 0 Å². The number of nitrogens with zero attached hydrogens (tertiary/aromatic N) is 2. The Bertz CT molecular complexity index is 684. The van der Waals surface area contributed by atoms with Crippen LogP contribution in [0.15, 0.2) is 24.3 Å². The molecule has 0 unspecified atom stereocenters. The molecule has 4 nitrogen and oxygen atoms in total. The number of piperazine rings is 1. The van der Waals surface area contributed by atoms with Crippen molar-refractivity contribution < 1.29 is 18.0 Å². The van der Waals surface area contributed by atoms with Crippen molar-refractivity contribution in [2.45, 2.75) is 44.3 Å². The van der Waals surface area contributed by atoms with Gasteiger partial charge in [-0.1, -0.05) is 6.07 Å². The van der Waals surface area contributed by atoms with Gasteiger partial charge in [0.05, 0.1) is 11.3 Å². The number of thioether (sulfide) groups is 1. The van der Waals surface area contributed by atoms with Gasteiger partial charge in [0, 0.05) is 37.9 Å². The molecule has 0 bridgehead atoms. The molecule has 0 radical (unpaired) electrons. The van der Waals surface area contributed by atoms with E-state index in [0.29, 0.717) is 23.4 Å². The number of hydrogen-bond donors (Lipinski definition) is 1. The van der Waals surface area contributed by atoms with E-state index in [9.17, 15) is 18.0 Å². The zero-order valence-corrected chi connectivity index (χ0v) is 18.4. The zero-order chi connectivity index (χ0) is 21.6. The molecule has 2 fully saturated rings. The molecule has 1 aliphatic carbocycles. The number of hydrogen-bond acceptors (Lipinski definition) is 4. The Morgan fingerprint density at radius 2 is 1.83 bits per heavy atom. The van der Waals surface area contributed by atoms with Crippen LogP contribution >= 0.6 is 11.8 Å². The summed E-state index contributed by atoms with van der Waals surface area (Å²) < 4.78 is 38.8. The summed E-state index contributed by atoms with van der Waals surface area (Å²) in [4.78, 5) is 16.2. The molecule has 0 atom stereocenters. The first kappa shape index (κ1) is 23.3. The lowest BCUT2D eigenvalue weighted by molar-refractivity contribution is -0.137. The van der Waals surface area contributed by atoms with Gasteiger partial charge in [-0.25, -0.2) is 0 Å². The first-order valence-electron chi connectivity index (χ1n) is 10.8. The topological polar surface area (TPSA) is 35.6 Å². The van der Waals surface area contributed by atoms with Crippen LogP contribution in [0.5, 0.6) is 0 Å². The highest BCUT2D eigenvalue weighted by Crippen LogP contribution is 2.32. The van der Waals surface area contributed by atoms with Gasteiger partial charge in [0.1, 0.15) is 0 Å². The molecule has 1 saturated heterocycles. The summed E-state index contributed by atoms with van der Waals surface area (Å²) in [6.07, 6.45) is 3.25. The van der Waals surface area contributed by atoms with Gasteiger partial charge in [-0.05, 0) is 69.0 Å². The Labute approximate surface area is 181 Å². The number of amides is 1. The number of carbonyl (C=O) groups is 1. The minimum absolute atomic E-state index is 0.143. The van der Waals surface area contributed by atoms with Gasteiger partial charge in [-0.2, -0.15) is 24.9 Å². The Balaban J connectivity index is 1.36. The molecule has 1 amide bonds. The molecule has 1 aliphatic heterocycles. The van der Waals surface area contributed by atoms with Gasteiger partial charge in [0.15, 0.2) is 0 Å². The van der Waals surface area contributed by atoms with Gasteiger partial charge in [-0.15, -0.1) is 0 Å². The van der Waals surface area contributed by atoms with Crippen LogP contribution in [0.1, 0.15) is 37.7 Å². The zero-order valence-electron chi connectivity index (χ0n) is 17.6. The molecule has 0 aromatic heterocycles. The summed E-state index contributed by atoms with van der Waals surface area (Å²) in [5, 5.41) is 3.13. The fourth-order valence-corrected chi connectivity index (χ4v) is 4.82. The van der Waals surface area contributed by atoms with Crippen molar-refractivity contribution in [3.63, 3.8) is 0 Å². The van der Waals surface area contributed by atoms with Crippen LogP contribution in [0.3, 0.4) is 0 Å². The molecular formula is C22H32F3N3OS. The molecule has 30 heavy (non-hydrogen) atoms. The van der Waals surface area contributed by atoms with Crippen molar-refractivity contribution in [3.05, 3.63) is 29.8 Å². The maximum absolute atomic E-state index is 12.9. The third-order valence-corrected chi connectivity index (χ3v) is 6.80. The number of rotatable bonds is 7. The standard InChI is InChI=1S/C22H32F3N3OS/c1-30-16-21(29)26-19-7-5-17(6-8-19)9-10-27-11-13-28(14-12-27)20-4-2-3-18(15-20)22(23,24)25/h2-4,15,17,19H,5-14,16H2,1H3,(H,26,29)/t17-,19-. The second-order valence-corrected chi connectivity index (χ2v) is 9.25. The third-order valence-electron chi connectivity index (χ3n) is 6.25. The molecule has 1 N–H and O–H groups in total. The summed E-state index contributed by atoms with van der Waals surface area (Å²) >= 11 is 1.55. The fraction of sp³-hybridized carbons (Fsp3) is 0.682. The number of alkyl halides is 3. The minimum atomic E-state index is -4.30. The Morgan fingerprint density at radius 3 is 2.47 bits per heavy atom. The van der Waals surface area contributed by atoms with Gasteiger partial charge < -0.3 is 10.2 Å². The normalized spacial score (nSPS) is 23.4. The Morgan fingerprint density at radius 1 is 1.13 bits per heavy atom. The van der Waals surface area contributed by atoms with E-state index in [1.165, 1.54) is 12.1 Å². The van der Waals surface area contributed by atoms with Crippen LogP contribution in [-0.2, 0) is 11.0 Å². The highest BCUT2D eigenvalue weighted by Gasteiger charge is 2.31. The average Bonchev–Trinajstić information content (AvgIpc) is 2.73. The minimum Gasteiger partial charge on any atom is -0.369 e. The van der Waals surface area contributed by atoms with E-state index in [1.54, 1.807) is 17.8 Å². The van der Waals surface area contributed by atoms with E-state index in [2.05, 4.69) is 10.2 Å². The van der Waals surface area contributed by atoms with E-state index < -0.39 is 11.7 Å². The van der Waals surface area contributed by atoms with Gasteiger partial charge in [0.2, 0.25) is 5.91 Å². The molecule has 0 spiro atoms. The largest absolute Gasteiger partial charge is 0.416 e. The molecule has 1 heterocycles. The van der Waals surface area contributed by atoms with Crippen LogP contribution < -0.4 is 10.2 Å². The summed E-state index contributed by atoms with van der Waals surface area (Å²) in [5.74, 6) is 1.39. The molecule has 1 aromatic carbocycles. The lowest BCUT2D eigenvalue weighted by Gasteiger charge is -2.37. The molecule has 1 aromatic rings. The number of carbonyl (C=O) groups excluding carboxylic acids is 1. The van der Waals surface area contributed by atoms with Crippen molar-refractivity contribution in [1.82, 2.24) is 10.2 Å². The van der Waals surface area contributed by atoms with Crippen molar-refractivity contribution >= 4 is 23.4 Å². The van der Waals surface area contributed by atoms with E-state index >= 15 is 0 Å². The van der Waals surface area contributed by atoms with Crippen LogP contribution in [0.2, 0.25) is 0 Å². The van der Waals surface area contributed by atoms with E-state index in [-0.39, 0.29) is 5.91 Å². The Hall–Kier alpha value is -1.41. The van der Waals surface area contributed by atoms with Gasteiger partial charge in [0.25, 0.3) is 0 Å². The highest BCUT2D eigenvalue weighted by molar-refractivity contribution is 7.99. The third kappa shape index (κ3) is 6.80. The lowest BCUT2D eigenvalue weighted by atomic mass is 9.84. The molecule has 2 aliphatic rings. The van der Waals surface area contributed by atoms with Crippen LogP contribution in [0.4, 0.5) is 18.9 Å². The maximum atomic E-state index is 12.9. The summed E-state index contributed by atoms with van der Waals surface area (Å²) in [7, 11) is 0. The number of halogens is 3. The molecular weight excluding hydrogens is 411 g/mol. The number of benzene rings is 1. The Kier molecular flexibility index (Phi) is 8.34. The highest BCUT2D eigenvalue weighted by atomic mass is 32.2. The second-order valence-electron chi connectivity index (χ2n) is 8.38. The first-order valence-corrected chi connectivity index (χ1v) is 12.2. The van der Waals surface area contributed by atoms with Gasteiger partial charge in [-0.3, -0.25) is 9.69 Å². The summed E-state index contributed by atoms with van der Waals surface area (Å²) in [5.41, 5.74) is 0.0778. The van der Waals surface area contributed by atoms with E-state index in [4.69, 9.17) is 0 Å².